The first-order chi connectivity index (χ1) is 17.0. The van der Waals surface area contributed by atoms with Crippen molar-refractivity contribution in [3.05, 3.63) is 41.8 Å². The number of nitrogens with zero attached hydrogens (tertiary/aromatic N) is 3. The van der Waals surface area contributed by atoms with Gasteiger partial charge in [-0.25, -0.2) is 14.2 Å². The van der Waals surface area contributed by atoms with E-state index in [-0.39, 0.29) is 11.7 Å². The summed E-state index contributed by atoms with van der Waals surface area (Å²) in [6.07, 6.45) is 2.95. The highest BCUT2D eigenvalue weighted by Gasteiger charge is 2.50. The van der Waals surface area contributed by atoms with Crippen LogP contribution in [-0.2, 0) is 9.53 Å². The fraction of sp³-hybridized carbons (Fsp3) is 0.462. The lowest BCUT2D eigenvalue weighted by Crippen LogP contribution is -2.67. The van der Waals surface area contributed by atoms with Crippen LogP contribution in [0.3, 0.4) is 0 Å². The second-order valence-electron chi connectivity index (χ2n) is 9.65. The molecule has 0 bridgehead atoms. The summed E-state index contributed by atoms with van der Waals surface area (Å²) in [6, 6.07) is 5.91. The molecular formula is C26H33FN6O3. The summed E-state index contributed by atoms with van der Waals surface area (Å²) < 4.78 is 18.5. The van der Waals surface area contributed by atoms with Gasteiger partial charge in [-0.2, -0.15) is 4.98 Å². The minimum Gasteiger partial charge on any atom is -0.444 e. The lowest BCUT2D eigenvalue weighted by atomic mass is 9.86. The van der Waals surface area contributed by atoms with Crippen LogP contribution >= 0.6 is 0 Å². The smallest absolute Gasteiger partial charge is 0.411 e. The van der Waals surface area contributed by atoms with E-state index in [0.29, 0.717) is 55.4 Å². The highest BCUT2D eigenvalue weighted by atomic mass is 19.1. The first-order valence-electron chi connectivity index (χ1n) is 11.9. The van der Waals surface area contributed by atoms with Crippen molar-refractivity contribution in [3.8, 4) is 11.8 Å². The van der Waals surface area contributed by atoms with Gasteiger partial charge < -0.3 is 20.7 Å². The minimum absolute atomic E-state index is 0.192. The Kier molecular flexibility index (Phi) is 8.35. The molecule has 192 valence electrons. The fourth-order valence-corrected chi connectivity index (χ4v) is 3.52. The Labute approximate surface area is 211 Å². The topological polar surface area (TPSA) is 108 Å². The molecule has 1 fully saturated rings. The number of nitrogens with one attached hydrogen (secondary N) is 3. The second-order valence-corrected chi connectivity index (χ2v) is 9.65. The van der Waals surface area contributed by atoms with Gasteiger partial charge >= 0.3 is 6.09 Å². The van der Waals surface area contributed by atoms with Gasteiger partial charge in [0, 0.05) is 32.2 Å². The van der Waals surface area contributed by atoms with Crippen LogP contribution in [0.4, 0.5) is 26.6 Å². The third-order valence-electron chi connectivity index (χ3n) is 5.63. The first-order valence-corrected chi connectivity index (χ1v) is 11.9. The van der Waals surface area contributed by atoms with E-state index in [1.807, 2.05) is 0 Å². The number of hydrogen-bond acceptors (Lipinski definition) is 7. The normalized spacial score (nSPS) is 16.8. The van der Waals surface area contributed by atoms with Crippen molar-refractivity contribution in [2.24, 2.45) is 0 Å². The molecule has 0 aliphatic carbocycles. The van der Waals surface area contributed by atoms with E-state index >= 15 is 0 Å². The van der Waals surface area contributed by atoms with Crippen molar-refractivity contribution in [3.63, 3.8) is 0 Å². The zero-order chi connectivity index (χ0) is 26.3. The summed E-state index contributed by atoms with van der Waals surface area (Å²) in [6.45, 7) is 8.10. The first kappa shape index (κ1) is 26.7. The molecule has 1 saturated heterocycles. The Bertz CT molecular complexity index is 1150. The number of amides is 2. The van der Waals surface area contributed by atoms with Crippen LogP contribution < -0.4 is 16.0 Å². The van der Waals surface area contributed by atoms with E-state index in [2.05, 4.69) is 37.8 Å². The van der Waals surface area contributed by atoms with Crippen molar-refractivity contribution < 1.29 is 18.7 Å². The van der Waals surface area contributed by atoms with Gasteiger partial charge in [-0.3, -0.25) is 9.69 Å². The Morgan fingerprint density at radius 3 is 2.58 bits per heavy atom. The van der Waals surface area contributed by atoms with E-state index in [9.17, 15) is 14.0 Å². The number of anilines is 3. The third kappa shape index (κ3) is 6.84. The van der Waals surface area contributed by atoms with Crippen LogP contribution in [-0.4, -0.2) is 58.1 Å². The van der Waals surface area contributed by atoms with Gasteiger partial charge in [-0.05, 0) is 64.8 Å². The molecule has 2 aromatic rings. The molecule has 1 atom stereocenters. The quantitative estimate of drug-likeness (QED) is 0.392. The van der Waals surface area contributed by atoms with Crippen LogP contribution in [0, 0.1) is 17.7 Å². The molecule has 36 heavy (non-hydrogen) atoms. The maximum Gasteiger partial charge on any atom is 0.411 e. The SMILES string of the molecule is CNc1nc(Nc2ccc(F)cc2)ncc1C#CCCCNC(=O)[C@]1(C)CCN1C(=O)OC(C)(C)C. The summed E-state index contributed by atoms with van der Waals surface area (Å²) in [7, 11) is 1.74. The molecule has 1 aromatic heterocycles. The number of hydrogen-bond donors (Lipinski definition) is 3. The van der Waals surface area contributed by atoms with Crippen molar-refractivity contribution in [1.29, 1.82) is 0 Å². The molecule has 3 N–H and O–H groups in total. The molecule has 1 aromatic carbocycles. The third-order valence-corrected chi connectivity index (χ3v) is 5.63. The molecule has 9 nitrogen and oxygen atoms in total. The average Bonchev–Trinajstić information content (AvgIpc) is 2.80. The van der Waals surface area contributed by atoms with Crippen LogP contribution in [0.2, 0.25) is 0 Å². The van der Waals surface area contributed by atoms with Crippen molar-refractivity contribution in [1.82, 2.24) is 20.2 Å². The Morgan fingerprint density at radius 2 is 1.97 bits per heavy atom. The number of carbonyl (C=O) groups excluding carboxylic acids is 2. The maximum absolute atomic E-state index is 13.1. The number of aromatic nitrogens is 2. The molecule has 0 radical (unpaired) electrons. The summed E-state index contributed by atoms with van der Waals surface area (Å²) in [4.78, 5) is 35.2. The molecule has 1 aliphatic heterocycles. The molecule has 0 spiro atoms. The van der Waals surface area contributed by atoms with E-state index < -0.39 is 17.2 Å². The van der Waals surface area contributed by atoms with Gasteiger partial charge in [0.15, 0.2) is 0 Å². The van der Waals surface area contributed by atoms with E-state index in [4.69, 9.17) is 4.74 Å². The summed E-state index contributed by atoms with van der Waals surface area (Å²) >= 11 is 0. The summed E-state index contributed by atoms with van der Waals surface area (Å²) in [5.41, 5.74) is -0.192. The van der Waals surface area contributed by atoms with Crippen molar-refractivity contribution >= 4 is 29.5 Å². The van der Waals surface area contributed by atoms with E-state index in [1.54, 1.807) is 53.1 Å². The van der Waals surface area contributed by atoms with Gasteiger partial charge in [0.25, 0.3) is 0 Å². The van der Waals surface area contributed by atoms with Crippen molar-refractivity contribution in [2.45, 2.75) is 58.1 Å². The number of unbranched alkanes of at least 4 members (excludes halogenated alkanes) is 1. The van der Waals surface area contributed by atoms with Crippen molar-refractivity contribution in [2.75, 3.05) is 30.8 Å². The van der Waals surface area contributed by atoms with E-state index in [1.165, 1.54) is 17.0 Å². The molecule has 2 heterocycles. The lowest BCUT2D eigenvalue weighted by Gasteiger charge is -2.48. The number of ether oxygens (including phenoxy) is 1. The minimum atomic E-state index is -0.892. The Hall–Kier alpha value is -3.87. The summed E-state index contributed by atoms with van der Waals surface area (Å²) in [5.74, 6) is 6.55. The average molecular weight is 497 g/mol. The van der Waals surface area contributed by atoms with Gasteiger partial charge in [0.2, 0.25) is 11.9 Å². The number of carbonyl (C=O) groups is 2. The van der Waals surface area contributed by atoms with Gasteiger partial charge in [-0.15, -0.1) is 0 Å². The number of benzene rings is 1. The molecular weight excluding hydrogens is 463 g/mol. The molecule has 10 heteroatoms. The second kappa shape index (κ2) is 11.2. The fourth-order valence-electron chi connectivity index (χ4n) is 3.52. The van der Waals surface area contributed by atoms with Crippen LogP contribution in [0.5, 0.6) is 0 Å². The molecule has 1 aliphatic rings. The molecule has 2 amide bonds. The lowest BCUT2D eigenvalue weighted by molar-refractivity contribution is -0.140. The highest BCUT2D eigenvalue weighted by molar-refractivity contribution is 5.91. The largest absolute Gasteiger partial charge is 0.444 e. The Morgan fingerprint density at radius 1 is 1.25 bits per heavy atom. The number of rotatable bonds is 7. The highest BCUT2D eigenvalue weighted by Crippen LogP contribution is 2.32. The number of likely N-dealkylation sites (tertiary alicyclic amines) is 1. The Balaban J connectivity index is 1.47. The molecule has 0 unspecified atom stereocenters. The number of halogens is 1. The van der Waals surface area contributed by atoms with E-state index in [0.717, 1.165) is 0 Å². The molecule has 0 saturated carbocycles. The van der Waals surface area contributed by atoms with Gasteiger partial charge in [-0.1, -0.05) is 11.8 Å². The standard InChI is InChI=1S/C26H33FN6O3/c1-25(2,3)36-24(35)33-16-14-26(33,4)22(34)29-15-8-6-7-9-18-17-30-23(32-21(18)28-5)31-20-12-10-19(27)11-13-20/h10-13,17H,6,8,14-16H2,1-5H3,(H,29,34)(H2,28,30,31,32)/t26-/m0/s1. The van der Waals surface area contributed by atoms with Gasteiger partial charge in [0.05, 0.1) is 11.8 Å². The van der Waals surface area contributed by atoms with Crippen LogP contribution in [0.15, 0.2) is 30.5 Å². The molecule has 3 rings (SSSR count). The maximum atomic E-state index is 13.1. The van der Waals surface area contributed by atoms with Crippen LogP contribution in [0.25, 0.3) is 0 Å². The summed E-state index contributed by atoms with van der Waals surface area (Å²) in [5, 5.41) is 8.93. The zero-order valence-corrected chi connectivity index (χ0v) is 21.4. The van der Waals surface area contributed by atoms with Crippen LogP contribution in [0.1, 0.15) is 52.5 Å². The zero-order valence-electron chi connectivity index (χ0n) is 21.4. The monoisotopic (exact) mass is 496 g/mol. The predicted octanol–water partition coefficient (Wildman–Crippen LogP) is 4.05. The predicted molar refractivity (Wildman–Crippen MR) is 136 cm³/mol. The van der Waals surface area contributed by atoms with Gasteiger partial charge in [0.1, 0.15) is 22.8 Å².